The lowest BCUT2D eigenvalue weighted by molar-refractivity contribution is -0.320. The highest BCUT2D eigenvalue weighted by molar-refractivity contribution is 7.79. The van der Waals surface area contributed by atoms with Crippen molar-refractivity contribution < 1.29 is 52.6 Å². The van der Waals surface area contributed by atoms with Gasteiger partial charge in [-0.2, -0.15) is 0 Å². The second-order valence-electron chi connectivity index (χ2n) is 2.78. The highest BCUT2D eigenvalue weighted by atomic mass is 32.3. The molecule has 18 heavy (non-hydrogen) atoms. The Hall–Kier alpha value is -1.15. The van der Waals surface area contributed by atoms with E-state index in [2.05, 4.69) is 0 Å². The molecule has 0 aromatic rings. The second kappa shape index (κ2) is 8.04. The first-order valence-corrected chi connectivity index (χ1v) is 5.30. The van der Waals surface area contributed by atoms with Gasteiger partial charge in [0, 0.05) is 10.4 Å². The third-order valence-corrected chi connectivity index (χ3v) is 1.40. The van der Waals surface area contributed by atoms with Gasteiger partial charge in [0.2, 0.25) is 0 Å². The van der Waals surface area contributed by atoms with E-state index in [1.54, 1.807) is 0 Å². The smallest absolute Gasteiger partial charge is 0.151 e. The van der Waals surface area contributed by atoms with Crippen molar-refractivity contribution in [2.45, 2.75) is 24.4 Å². The Bertz CT molecular complexity index is 354. The van der Waals surface area contributed by atoms with Crippen LogP contribution in [-0.2, 0) is 20.0 Å². The van der Waals surface area contributed by atoms with Crippen LogP contribution in [0.25, 0.3) is 0 Å². The largest absolute Gasteiger partial charge is 0.759 e. The fourth-order valence-corrected chi connectivity index (χ4v) is 0.609. The van der Waals surface area contributed by atoms with E-state index in [1.165, 1.54) is 0 Å². The van der Waals surface area contributed by atoms with Gasteiger partial charge >= 0.3 is 0 Å². The number of carboxylic acid groups (broad SMARTS) is 1. The summed E-state index contributed by atoms with van der Waals surface area (Å²) in [6, 6.07) is 0. The minimum atomic E-state index is -5.17. The molecule has 0 aliphatic rings. The standard InChI is InChI=1S/C6H10O7.H2O4S/c7-1-2(8)3(9)4(10)5(11)6(12)13;1-5(2,3)4/h1-5,8-11H,(H,12,13);(H2,1,2,3,4)/p-3/t2-,3+,4-,5-;/m0./s1. The van der Waals surface area contributed by atoms with E-state index in [-0.39, 0.29) is 6.29 Å². The quantitative estimate of drug-likeness (QED) is 0.212. The van der Waals surface area contributed by atoms with Crippen LogP contribution >= 0.6 is 0 Å². The van der Waals surface area contributed by atoms with Gasteiger partial charge in [0.25, 0.3) is 0 Å². The summed E-state index contributed by atoms with van der Waals surface area (Å²) in [6.45, 7) is 0. The van der Waals surface area contributed by atoms with Crippen LogP contribution in [0, 0.1) is 0 Å². The molecule has 0 aromatic heterocycles. The van der Waals surface area contributed by atoms with Gasteiger partial charge in [-0.25, -0.2) is 0 Å². The molecule has 0 radical (unpaired) electrons. The lowest BCUT2D eigenvalue weighted by atomic mass is 10.0. The van der Waals surface area contributed by atoms with Gasteiger partial charge in [0.05, 0.1) is 5.97 Å². The molecule has 11 nitrogen and oxygen atoms in total. The van der Waals surface area contributed by atoms with E-state index < -0.39 is 40.8 Å². The summed E-state index contributed by atoms with van der Waals surface area (Å²) in [5.74, 6) is -2.01. The monoisotopic (exact) mass is 289 g/mol. The predicted octanol–water partition coefficient (Wildman–Crippen LogP) is -5.96. The van der Waals surface area contributed by atoms with E-state index in [9.17, 15) is 14.7 Å². The summed E-state index contributed by atoms with van der Waals surface area (Å²) in [7, 11) is -5.17. The molecule has 0 aliphatic carbocycles. The Morgan fingerprint density at radius 3 is 1.61 bits per heavy atom. The topological polar surface area (TPSA) is 218 Å². The van der Waals surface area contributed by atoms with Crippen LogP contribution in [0.4, 0.5) is 0 Å². The summed E-state index contributed by atoms with van der Waals surface area (Å²) >= 11 is 0. The lowest BCUT2D eigenvalue weighted by Gasteiger charge is -2.24. The SMILES string of the molecule is O=C[C@H](O)[C@@H](O)[C@H](O)[C@H](O)C(=O)[O-].O=S(=O)([O-])[O-]. The summed E-state index contributed by atoms with van der Waals surface area (Å²) in [5, 5.41) is 44.8. The predicted molar refractivity (Wildman–Crippen MR) is 45.6 cm³/mol. The lowest BCUT2D eigenvalue weighted by Crippen LogP contribution is -2.52. The molecule has 0 amide bonds. The van der Waals surface area contributed by atoms with Gasteiger partial charge < -0.3 is 44.2 Å². The van der Waals surface area contributed by atoms with E-state index in [4.69, 9.17) is 37.9 Å². The van der Waals surface area contributed by atoms with Crippen LogP contribution in [0.2, 0.25) is 0 Å². The van der Waals surface area contributed by atoms with Gasteiger partial charge in [-0.3, -0.25) is 8.42 Å². The van der Waals surface area contributed by atoms with Crippen molar-refractivity contribution in [3.8, 4) is 0 Å². The number of aliphatic hydroxyl groups is 4. The van der Waals surface area contributed by atoms with Crippen LogP contribution < -0.4 is 5.11 Å². The van der Waals surface area contributed by atoms with Crippen molar-refractivity contribution in [1.29, 1.82) is 0 Å². The molecule has 0 unspecified atom stereocenters. The third-order valence-electron chi connectivity index (χ3n) is 1.40. The van der Waals surface area contributed by atoms with Crippen LogP contribution in [-0.4, -0.2) is 74.6 Å². The molecule has 0 heterocycles. The number of hydrogen-bond acceptors (Lipinski definition) is 11. The van der Waals surface area contributed by atoms with Crippen molar-refractivity contribution in [1.82, 2.24) is 0 Å². The van der Waals surface area contributed by atoms with Gasteiger partial charge in [-0.05, 0) is 0 Å². The number of rotatable bonds is 5. The van der Waals surface area contributed by atoms with Gasteiger partial charge in [0.15, 0.2) is 6.29 Å². The third kappa shape index (κ3) is 10.0. The molecule has 0 spiro atoms. The first-order valence-electron chi connectivity index (χ1n) is 3.97. The van der Waals surface area contributed by atoms with Crippen LogP contribution in [0.15, 0.2) is 0 Å². The first kappa shape index (κ1) is 19.2. The molecular weight excluding hydrogens is 280 g/mol. The molecule has 0 aliphatic heterocycles. The van der Waals surface area contributed by atoms with Crippen LogP contribution in [0.5, 0.6) is 0 Å². The zero-order valence-corrected chi connectivity index (χ0v) is 9.26. The van der Waals surface area contributed by atoms with E-state index in [0.717, 1.165) is 0 Å². The maximum absolute atomic E-state index is 9.95. The fourth-order valence-electron chi connectivity index (χ4n) is 0.609. The Kier molecular flexibility index (Phi) is 8.57. The maximum atomic E-state index is 9.95. The maximum Gasteiger partial charge on any atom is 0.151 e. The Balaban J connectivity index is 0. The van der Waals surface area contributed by atoms with Gasteiger partial charge in [0.1, 0.15) is 24.4 Å². The zero-order valence-electron chi connectivity index (χ0n) is 8.44. The normalized spacial score (nSPS) is 17.7. The number of aldehydes is 1. The number of hydrogen-bond donors (Lipinski definition) is 4. The van der Waals surface area contributed by atoms with Gasteiger partial charge in [-0.15, -0.1) is 0 Å². The molecule has 108 valence electrons. The molecule has 12 heteroatoms. The minimum Gasteiger partial charge on any atom is -0.759 e. The van der Waals surface area contributed by atoms with Crippen molar-refractivity contribution in [3.05, 3.63) is 0 Å². The van der Waals surface area contributed by atoms with Crippen molar-refractivity contribution in [3.63, 3.8) is 0 Å². The highest BCUT2D eigenvalue weighted by Crippen LogP contribution is 2.03. The average molecular weight is 289 g/mol. The minimum absolute atomic E-state index is 0.101. The number of carbonyl (C=O) groups is 2. The average Bonchev–Trinajstić information content (AvgIpc) is 2.22. The van der Waals surface area contributed by atoms with E-state index >= 15 is 0 Å². The number of aliphatic carboxylic acids is 1. The number of aliphatic hydroxyl groups excluding tert-OH is 4. The molecule has 0 saturated heterocycles. The van der Waals surface area contributed by atoms with Crippen molar-refractivity contribution in [2.75, 3.05) is 0 Å². The molecule has 0 fully saturated rings. The van der Waals surface area contributed by atoms with E-state index in [0.29, 0.717) is 0 Å². The molecule has 0 aromatic carbocycles. The van der Waals surface area contributed by atoms with Crippen molar-refractivity contribution in [2.24, 2.45) is 0 Å². The Labute approximate surface area is 100 Å². The highest BCUT2D eigenvalue weighted by Gasteiger charge is 2.30. The summed E-state index contributed by atoms with van der Waals surface area (Å²) < 4.78 is 34.1. The second-order valence-corrected chi connectivity index (χ2v) is 3.60. The molecule has 0 saturated carbocycles. The first-order chi connectivity index (χ1) is 7.91. The number of carboxylic acids is 1. The van der Waals surface area contributed by atoms with Crippen molar-refractivity contribution >= 4 is 22.7 Å². The molecular formula is C6H9O11S-3. The molecule has 4 atom stereocenters. The fraction of sp³-hybridized carbons (Fsp3) is 0.667. The summed E-state index contributed by atoms with van der Waals surface area (Å²) in [6.07, 6.45) is -8.65. The Morgan fingerprint density at radius 1 is 1.06 bits per heavy atom. The molecule has 0 bridgehead atoms. The van der Waals surface area contributed by atoms with E-state index in [1.807, 2.05) is 0 Å². The molecule has 0 rings (SSSR count). The summed E-state index contributed by atoms with van der Waals surface area (Å²) in [4.78, 5) is 19.8. The van der Waals surface area contributed by atoms with Crippen LogP contribution in [0.3, 0.4) is 0 Å². The Morgan fingerprint density at radius 2 is 1.39 bits per heavy atom. The molecule has 4 N–H and O–H groups in total. The van der Waals surface area contributed by atoms with Gasteiger partial charge in [-0.1, -0.05) is 0 Å². The number of carbonyl (C=O) groups excluding carboxylic acids is 2. The van der Waals surface area contributed by atoms with Crippen LogP contribution in [0.1, 0.15) is 0 Å². The summed E-state index contributed by atoms with van der Waals surface area (Å²) in [5.41, 5.74) is 0. The zero-order chi connectivity index (χ0) is 15.1.